The second-order valence-corrected chi connectivity index (χ2v) is 3.51. The Morgan fingerprint density at radius 2 is 1.88 bits per heavy atom. The van der Waals surface area contributed by atoms with E-state index in [0.717, 1.165) is 13.0 Å². The van der Waals surface area contributed by atoms with Crippen LogP contribution in [0.1, 0.15) is 17.3 Å². The predicted octanol–water partition coefficient (Wildman–Crippen LogP) is 3.04. The zero-order valence-electron chi connectivity index (χ0n) is 7.99. The van der Waals surface area contributed by atoms with Gasteiger partial charge in [-0.2, -0.15) is 0 Å². The lowest BCUT2D eigenvalue weighted by molar-refractivity contribution is -0.131. The van der Waals surface area contributed by atoms with Crippen molar-refractivity contribution in [2.24, 2.45) is 0 Å². The van der Waals surface area contributed by atoms with E-state index < -0.39 is 11.9 Å². The SMILES string of the molecule is CC(=O)Oc1c(Cl)cc(Cl)cc1C(=O)O.Cl. The maximum Gasteiger partial charge on any atom is 0.339 e. The van der Waals surface area contributed by atoms with Crippen LogP contribution >= 0.6 is 35.6 Å². The highest BCUT2D eigenvalue weighted by Crippen LogP contribution is 2.32. The van der Waals surface area contributed by atoms with Gasteiger partial charge in [0.25, 0.3) is 0 Å². The van der Waals surface area contributed by atoms with Crippen LogP contribution in [0, 0.1) is 0 Å². The lowest BCUT2D eigenvalue weighted by atomic mass is 10.2. The maximum atomic E-state index is 10.8. The molecule has 0 heterocycles. The van der Waals surface area contributed by atoms with E-state index in [2.05, 4.69) is 4.74 Å². The number of aromatic carboxylic acids is 1. The van der Waals surface area contributed by atoms with E-state index in [1.54, 1.807) is 0 Å². The minimum absolute atomic E-state index is 0. The van der Waals surface area contributed by atoms with Crippen LogP contribution in [0.15, 0.2) is 12.1 Å². The molecule has 0 aliphatic rings. The van der Waals surface area contributed by atoms with Gasteiger partial charge in [-0.1, -0.05) is 23.2 Å². The second kappa shape index (κ2) is 5.94. The van der Waals surface area contributed by atoms with Crippen molar-refractivity contribution in [3.8, 4) is 5.75 Å². The Bertz CT molecular complexity index is 431. The van der Waals surface area contributed by atoms with Gasteiger partial charge in [-0.3, -0.25) is 4.79 Å². The van der Waals surface area contributed by atoms with Crippen molar-refractivity contribution in [2.75, 3.05) is 0 Å². The van der Waals surface area contributed by atoms with Crippen LogP contribution in [-0.2, 0) is 4.79 Å². The lowest BCUT2D eigenvalue weighted by Gasteiger charge is -2.07. The van der Waals surface area contributed by atoms with Crippen molar-refractivity contribution in [3.05, 3.63) is 27.7 Å². The molecule has 0 unspecified atom stereocenters. The minimum Gasteiger partial charge on any atom is -0.478 e. The Hall–Kier alpha value is -0.970. The summed E-state index contributed by atoms with van der Waals surface area (Å²) in [6.45, 7) is 1.15. The van der Waals surface area contributed by atoms with Crippen LogP contribution in [0.5, 0.6) is 5.75 Å². The number of esters is 1. The van der Waals surface area contributed by atoms with Gasteiger partial charge in [0.1, 0.15) is 5.56 Å². The van der Waals surface area contributed by atoms with Crippen molar-refractivity contribution >= 4 is 47.5 Å². The average molecular weight is 286 g/mol. The molecule has 88 valence electrons. The third-order valence-corrected chi connectivity index (χ3v) is 1.98. The summed E-state index contributed by atoms with van der Waals surface area (Å²) < 4.78 is 4.68. The van der Waals surface area contributed by atoms with Crippen molar-refractivity contribution in [2.45, 2.75) is 6.92 Å². The molecule has 0 bridgehead atoms. The smallest absolute Gasteiger partial charge is 0.339 e. The first kappa shape index (κ1) is 15.0. The number of benzene rings is 1. The zero-order chi connectivity index (χ0) is 11.6. The van der Waals surface area contributed by atoms with Crippen molar-refractivity contribution in [3.63, 3.8) is 0 Å². The van der Waals surface area contributed by atoms with E-state index in [9.17, 15) is 9.59 Å². The fraction of sp³-hybridized carbons (Fsp3) is 0.111. The molecular weight excluding hydrogens is 278 g/mol. The van der Waals surface area contributed by atoms with Gasteiger partial charge in [-0.25, -0.2) is 4.79 Å². The fourth-order valence-electron chi connectivity index (χ4n) is 0.967. The first-order chi connectivity index (χ1) is 6.91. The van der Waals surface area contributed by atoms with Gasteiger partial charge in [0.15, 0.2) is 5.75 Å². The molecule has 0 spiro atoms. The van der Waals surface area contributed by atoms with Gasteiger partial charge in [0.2, 0.25) is 0 Å². The van der Waals surface area contributed by atoms with Crippen LogP contribution in [0.2, 0.25) is 10.0 Å². The topological polar surface area (TPSA) is 63.6 Å². The number of hydrogen-bond acceptors (Lipinski definition) is 3. The molecule has 1 aromatic rings. The lowest BCUT2D eigenvalue weighted by Crippen LogP contribution is -2.07. The molecule has 0 radical (unpaired) electrons. The highest BCUT2D eigenvalue weighted by molar-refractivity contribution is 6.36. The van der Waals surface area contributed by atoms with Crippen molar-refractivity contribution in [1.29, 1.82) is 0 Å². The van der Waals surface area contributed by atoms with Crippen molar-refractivity contribution < 1.29 is 19.4 Å². The number of halogens is 3. The van der Waals surface area contributed by atoms with Crippen LogP contribution in [-0.4, -0.2) is 17.0 Å². The van der Waals surface area contributed by atoms with Crippen LogP contribution in [0.25, 0.3) is 0 Å². The molecule has 0 saturated carbocycles. The fourth-order valence-corrected chi connectivity index (χ4v) is 1.50. The van der Waals surface area contributed by atoms with Crippen molar-refractivity contribution in [1.82, 2.24) is 0 Å². The Morgan fingerprint density at radius 1 is 1.31 bits per heavy atom. The van der Waals surface area contributed by atoms with Gasteiger partial charge >= 0.3 is 11.9 Å². The Balaban J connectivity index is 0.00000225. The Morgan fingerprint density at radius 3 is 2.31 bits per heavy atom. The summed E-state index contributed by atoms with van der Waals surface area (Å²) >= 11 is 11.3. The molecule has 1 aromatic carbocycles. The van der Waals surface area contributed by atoms with Crippen LogP contribution in [0.3, 0.4) is 0 Å². The summed E-state index contributed by atoms with van der Waals surface area (Å²) in [5.41, 5.74) is -0.247. The molecule has 1 rings (SSSR count). The third kappa shape index (κ3) is 3.56. The largest absolute Gasteiger partial charge is 0.478 e. The number of rotatable bonds is 2. The van der Waals surface area contributed by atoms with Gasteiger partial charge in [-0.05, 0) is 12.1 Å². The summed E-state index contributed by atoms with van der Waals surface area (Å²) in [5, 5.41) is 8.96. The number of hydrogen-bond donors (Lipinski definition) is 1. The number of ether oxygens (including phenoxy) is 1. The number of carbonyl (C=O) groups is 2. The Kier molecular flexibility index (Phi) is 5.58. The molecular formula is C9H7Cl3O4. The summed E-state index contributed by atoms with van der Waals surface area (Å²) in [5.74, 6) is -2.11. The highest BCUT2D eigenvalue weighted by atomic mass is 35.5. The maximum absolute atomic E-state index is 10.8. The van der Waals surface area contributed by atoms with E-state index in [1.807, 2.05) is 0 Å². The molecule has 4 nitrogen and oxygen atoms in total. The molecule has 16 heavy (non-hydrogen) atoms. The van der Waals surface area contributed by atoms with E-state index in [1.165, 1.54) is 6.07 Å². The van der Waals surface area contributed by atoms with Crippen LogP contribution in [0.4, 0.5) is 0 Å². The molecule has 7 heteroatoms. The summed E-state index contributed by atoms with van der Waals surface area (Å²) in [4.78, 5) is 21.5. The quantitative estimate of drug-likeness (QED) is 0.670. The molecule has 0 aliphatic carbocycles. The van der Waals surface area contributed by atoms with E-state index in [-0.39, 0.29) is 33.8 Å². The molecule has 0 aromatic heterocycles. The molecule has 1 N–H and O–H groups in total. The van der Waals surface area contributed by atoms with Crippen LogP contribution < -0.4 is 4.74 Å². The average Bonchev–Trinajstić information content (AvgIpc) is 2.08. The first-order valence-corrected chi connectivity index (χ1v) is 4.58. The Labute approximate surface area is 108 Å². The van der Waals surface area contributed by atoms with Gasteiger partial charge in [0, 0.05) is 11.9 Å². The van der Waals surface area contributed by atoms with E-state index >= 15 is 0 Å². The highest BCUT2D eigenvalue weighted by Gasteiger charge is 2.17. The standard InChI is InChI=1S/C9H6Cl2O4.ClH/c1-4(12)15-8-6(9(13)14)2-5(10)3-7(8)11;/h2-3H,1H3,(H,13,14);1H. The molecule has 0 atom stereocenters. The van der Waals surface area contributed by atoms with E-state index in [4.69, 9.17) is 28.3 Å². The second-order valence-electron chi connectivity index (χ2n) is 2.66. The summed E-state index contributed by atoms with van der Waals surface area (Å²) in [6.07, 6.45) is 0. The third-order valence-electron chi connectivity index (χ3n) is 1.48. The molecule has 0 amide bonds. The van der Waals surface area contributed by atoms with Gasteiger partial charge < -0.3 is 9.84 Å². The van der Waals surface area contributed by atoms with Gasteiger partial charge in [0.05, 0.1) is 5.02 Å². The number of carboxylic acid groups (broad SMARTS) is 1. The summed E-state index contributed by atoms with van der Waals surface area (Å²) in [7, 11) is 0. The zero-order valence-corrected chi connectivity index (χ0v) is 10.3. The number of carbonyl (C=O) groups excluding carboxylic acids is 1. The predicted molar refractivity (Wildman–Crippen MR) is 62.0 cm³/mol. The van der Waals surface area contributed by atoms with Gasteiger partial charge in [-0.15, -0.1) is 12.4 Å². The summed E-state index contributed by atoms with van der Waals surface area (Å²) in [6, 6.07) is 2.46. The monoisotopic (exact) mass is 284 g/mol. The minimum atomic E-state index is -1.27. The van der Waals surface area contributed by atoms with E-state index in [0.29, 0.717) is 0 Å². The normalized spacial score (nSPS) is 9.19. The molecule has 0 fully saturated rings. The molecule has 0 aliphatic heterocycles. The number of carboxylic acids is 1. The first-order valence-electron chi connectivity index (χ1n) is 3.82. The molecule has 0 saturated heterocycles.